The molecule has 2 N–H and O–H groups in total. The summed E-state index contributed by atoms with van der Waals surface area (Å²) in [4.78, 5) is 25.0. The maximum absolute atomic E-state index is 12.2. The third kappa shape index (κ3) is 5.55. The molecule has 1 aromatic carbocycles. The lowest BCUT2D eigenvalue weighted by molar-refractivity contribution is -0.146. The number of esters is 1. The van der Waals surface area contributed by atoms with Crippen LogP contribution in [-0.2, 0) is 20.7 Å². The molecule has 1 amide bonds. The summed E-state index contributed by atoms with van der Waals surface area (Å²) >= 11 is 0. The minimum Gasteiger partial charge on any atom is -0.469 e. The van der Waals surface area contributed by atoms with Gasteiger partial charge in [-0.15, -0.1) is 0 Å². The molecule has 0 saturated heterocycles. The third-order valence-electron chi connectivity index (χ3n) is 3.43. The normalized spacial score (nSPS) is 13.3. The van der Waals surface area contributed by atoms with Gasteiger partial charge in [-0.25, -0.2) is 0 Å². The molecule has 0 fully saturated rings. The molecule has 2 atom stereocenters. The third-order valence-corrected chi connectivity index (χ3v) is 3.43. The molecule has 0 radical (unpaired) electrons. The van der Waals surface area contributed by atoms with E-state index in [4.69, 9.17) is 5.73 Å². The highest BCUT2D eigenvalue weighted by molar-refractivity contribution is 5.82. The van der Waals surface area contributed by atoms with Crippen molar-refractivity contribution in [1.82, 2.24) is 4.90 Å². The van der Waals surface area contributed by atoms with Crippen molar-refractivity contribution in [3.63, 3.8) is 0 Å². The molecule has 0 aliphatic carbocycles. The highest BCUT2D eigenvalue weighted by Gasteiger charge is 2.22. The molecule has 0 bridgehead atoms. The fourth-order valence-corrected chi connectivity index (χ4v) is 2.15. The van der Waals surface area contributed by atoms with E-state index in [1.165, 1.54) is 12.0 Å². The van der Waals surface area contributed by atoms with Crippen LogP contribution in [0.2, 0.25) is 0 Å². The van der Waals surface area contributed by atoms with Crippen molar-refractivity contribution in [1.29, 1.82) is 0 Å². The van der Waals surface area contributed by atoms with Crippen LogP contribution >= 0.6 is 0 Å². The summed E-state index contributed by atoms with van der Waals surface area (Å²) in [5, 5.41) is 0. The lowest BCUT2D eigenvalue weighted by Crippen LogP contribution is -2.44. The first kappa shape index (κ1) is 17.2. The Balaban J connectivity index is 2.44. The molecule has 5 heteroatoms. The number of hydrogen-bond donors (Lipinski definition) is 1. The predicted molar refractivity (Wildman–Crippen MR) is 81.6 cm³/mol. The summed E-state index contributed by atoms with van der Waals surface area (Å²) < 4.78 is 4.65. The number of nitrogens with two attached hydrogens (primary N) is 1. The summed E-state index contributed by atoms with van der Waals surface area (Å²) in [6.45, 7) is 2.04. The number of benzene rings is 1. The van der Waals surface area contributed by atoms with E-state index in [9.17, 15) is 9.59 Å². The molecule has 2 unspecified atom stereocenters. The quantitative estimate of drug-likeness (QED) is 0.767. The maximum atomic E-state index is 12.2. The fourth-order valence-electron chi connectivity index (χ4n) is 2.15. The van der Waals surface area contributed by atoms with Crippen LogP contribution in [0.15, 0.2) is 30.3 Å². The fraction of sp³-hybridized carbons (Fsp3) is 0.500. The average Bonchev–Trinajstić information content (AvgIpc) is 2.51. The number of likely N-dealkylation sites (N-methyl/N-ethyl adjacent to an activating group) is 1. The number of ether oxygens (including phenoxy) is 1. The van der Waals surface area contributed by atoms with Crippen LogP contribution in [-0.4, -0.2) is 43.5 Å². The van der Waals surface area contributed by atoms with Gasteiger partial charge in [-0.3, -0.25) is 9.59 Å². The Labute approximate surface area is 126 Å². The lowest BCUT2D eigenvalue weighted by Gasteiger charge is -2.23. The molecule has 0 spiro atoms. The van der Waals surface area contributed by atoms with Gasteiger partial charge in [0.2, 0.25) is 5.91 Å². The first-order chi connectivity index (χ1) is 9.95. The number of amides is 1. The van der Waals surface area contributed by atoms with Gasteiger partial charge in [-0.2, -0.15) is 0 Å². The number of rotatable bonds is 7. The summed E-state index contributed by atoms with van der Waals surface area (Å²) in [6.07, 6.45) is 1.34. The number of carbonyl (C=O) groups excluding carboxylic acids is 2. The van der Waals surface area contributed by atoms with Crippen LogP contribution in [0.25, 0.3) is 0 Å². The molecule has 0 aromatic heterocycles. The molecular weight excluding hydrogens is 268 g/mol. The van der Waals surface area contributed by atoms with Crippen molar-refractivity contribution in [3.05, 3.63) is 35.9 Å². The van der Waals surface area contributed by atoms with Gasteiger partial charge in [-0.1, -0.05) is 37.3 Å². The summed E-state index contributed by atoms with van der Waals surface area (Å²) in [6, 6.07) is 9.36. The van der Waals surface area contributed by atoms with Crippen molar-refractivity contribution in [2.24, 2.45) is 11.7 Å². The number of aryl methyl sites for hydroxylation is 1. The van der Waals surface area contributed by atoms with Gasteiger partial charge in [0.1, 0.15) is 0 Å². The summed E-state index contributed by atoms with van der Waals surface area (Å²) in [5.41, 5.74) is 7.10. The van der Waals surface area contributed by atoms with Crippen LogP contribution in [0, 0.1) is 5.92 Å². The predicted octanol–water partition coefficient (Wildman–Crippen LogP) is 1.21. The largest absolute Gasteiger partial charge is 0.469 e. The van der Waals surface area contributed by atoms with E-state index in [2.05, 4.69) is 4.74 Å². The first-order valence-electron chi connectivity index (χ1n) is 7.08. The van der Waals surface area contributed by atoms with Gasteiger partial charge in [-0.05, 0) is 18.4 Å². The Bertz CT molecular complexity index is 462. The van der Waals surface area contributed by atoms with Crippen LogP contribution in [0.4, 0.5) is 0 Å². The Morgan fingerprint density at radius 3 is 2.48 bits per heavy atom. The van der Waals surface area contributed by atoms with E-state index in [1.807, 2.05) is 30.3 Å². The zero-order valence-electron chi connectivity index (χ0n) is 12.9. The molecule has 0 saturated carbocycles. The first-order valence-corrected chi connectivity index (χ1v) is 7.08. The Kier molecular flexibility index (Phi) is 6.88. The van der Waals surface area contributed by atoms with E-state index in [0.29, 0.717) is 13.0 Å². The highest BCUT2D eigenvalue weighted by Crippen LogP contribution is 2.07. The standard InChI is InChI=1S/C16H24N2O3/c1-12(16(20)21-3)11-18(2)15(19)14(17)10-9-13-7-5-4-6-8-13/h4-8,12,14H,9-11,17H2,1-3H3. The maximum Gasteiger partial charge on any atom is 0.310 e. The molecular formula is C16H24N2O3. The van der Waals surface area contributed by atoms with E-state index in [0.717, 1.165) is 12.0 Å². The van der Waals surface area contributed by atoms with Crippen LogP contribution in [0.5, 0.6) is 0 Å². The molecule has 0 aliphatic rings. The number of carbonyl (C=O) groups is 2. The van der Waals surface area contributed by atoms with Gasteiger partial charge < -0.3 is 15.4 Å². The molecule has 1 rings (SSSR count). The second-order valence-electron chi connectivity index (χ2n) is 5.27. The number of nitrogens with zero attached hydrogens (tertiary/aromatic N) is 1. The zero-order valence-corrected chi connectivity index (χ0v) is 12.9. The van der Waals surface area contributed by atoms with Crippen LogP contribution < -0.4 is 5.73 Å². The van der Waals surface area contributed by atoms with Crippen LogP contribution in [0.3, 0.4) is 0 Å². The highest BCUT2D eigenvalue weighted by atomic mass is 16.5. The van der Waals surface area contributed by atoms with Crippen molar-refractivity contribution in [2.45, 2.75) is 25.8 Å². The van der Waals surface area contributed by atoms with E-state index >= 15 is 0 Å². The van der Waals surface area contributed by atoms with E-state index in [1.54, 1.807) is 14.0 Å². The zero-order chi connectivity index (χ0) is 15.8. The van der Waals surface area contributed by atoms with E-state index < -0.39 is 6.04 Å². The minimum absolute atomic E-state index is 0.151. The summed E-state index contributed by atoms with van der Waals surface area (Å²) in [7, 11) is 3.00. The minimum atomic E-state index is -0.556. The molecule has 5 nitrogen and oxygen atoms in total. The molecule has 0 heterocycles. The van der Waals surface area contributed by atoms with E-state index in [-0.39, 0.29) is 17.8 Å². The second-order valence-corrected chi connectivity index (χ2v) is 5.27. The average molecular weight is 292 g/mol. The Morgan fingerprint density at radius 2 is 1.90 bits per heavy atom. The van der Waals surface area contributed by atoms with Gasteiger partial charge in [0, 0.05) is 13.6 Å². The molecule has 1 aromatic rings. The monoisotopic (exact) mass is 292 g/mol. The number of methoxy groups -OCH3 is 1. The SMILES string of the molecule is COC(=O)C(C)CN(C)C(=O)C(N)CCc1ccccc1. The topological polar surface area (TPSA) is 72.6 Å². The van der Waals surface area contributed by atoms with Crippen molar-refractivity contribution in [3.8, 4) is 0 Å². The van der Waals surface area contributed by atoms with Gasteiger partial charge in [0.25, 0.3) is 0 Å². The Hall–Kier alpha value is -1.88. The van der Waals surface area contributed by atoms with Crippen molar-refractivity contribution < 1.29 is 14.3 Å². The molecule has 116 valence electrons. The smallest absolute Gasteiger partial charge is 0.310 e. The van der Waals surface area contributed by atoms with Gasteiger partial charge in [0.05, 0.1) is 19.1 Å². The molecule has 21 heavy (non-hydrogen) atoms. The Morgan fingerprint density at radius 1 is 1.29 bits per heavy atom. The van der Waals surface area contributed by atoms with Gasteiger partial charge in [0.15, 0.2) is 0 Å². The number of hydrogen-bond acceptors (Lipinski definition) is 4. The van der Waals surface area contributed by atoms with Gasteiger partial charge >= 0.3 is 5.97 Å². The molecule has 0 aliphatic heterocycles. The van der Waals surface area contributed by atoms with Crippen LogP contribution in [0.1, 0.15) is 18.9 Å². The van der Waals surface area contributed by atoms with Crippen molar-refractivity contribution in [2.75, 3.05) is 20.7 Å². The lowest BCUT2D eigenvalue weighted by atomic mass is 10.0. The summed E-state index contributed by atoms with van der Waals surface area (Å²) in [5.74, 6) is -0.834. The second kappa shape index (κ2) is 8.42. The van der Waals surface area contributed by atoms with Crippen molar-refractivity contribution >= 4 is 11.9 Å².